The van der Waals surface area contributed by atoms with Crippen LogP contribution >= 0.6 is 0 Å². The van der Waals surface area contributed by atoms with Gasteiger partial charge in [0.2, 0.25) is 0 Å². The first kappa shape index (κ1) is 8.53. The highest BCUT2D eigenvalue weighted by molar-refractivity contribution is 5.01. The Hall–Kier alpha value is -1.06. The molecule has 2 aliphatic rings. The molecule has 0 saturated carbocycles. The Morgan fingerprint density at radius 1 is 1.00 bits per heavy atom. The Labute approximate surface area is 77.9 Å². The summed E-state index contributed by atoms with van der Waals surface area (Å²) in [7, 11) is 0. The highest BCUT2D eigenvalue weighted by Gasteiger charge is 2.48. The second kappa shape index (κ2) is 3.36. The number of hydrogen-bond acceptors (Lipinski definition) is 3. The van der Waals surface area contributed by atoms with Crippen molar-refractivity contribution in [1.82, 2.24) is 0 Å². The fourth-order valence-corrected chi connectivity index (χ4v) is 2.65. The molecule has 3 nitrogen and oxygen atoms in total. The molecule has 0 aromatic rings. The van der Waals surface area contributed by atoms with Crippen LogP contribution in [0.5, 0.6) is 0 Å². The van der Waals surface area contributed by atoms with Crippen molar-refractivity contribution < 1.29 is 4.74 Å². The molecule has 0 N–H and O–H groups in total. The third-order valence-electron chi connectivity index (χ3n) is 3.24. The summed E-state index contributed by atoms with van der Waals surface area (Å²) in [6.07, 6.45) is 3.80. The minimum atomic E-state index is 0.267. The van der Waals surface area contributed by atoms with E-state index >= 15 is 0 Å². The monoisotopic (exact) mass is 176 g/mol. The molecular formula is C10H12N2O. The van der Waals surface area contributed by atoms with Gasteiger partial charge in [-0.05, 0) is 12.8 Å². The Morgan fingerprint density at radius 2 is 1.46 bits per heavy atom. The van der Waals surface area contributed by atoms with Gasteiger partial charge in [0.05, 0.1) is 24.3 Å². The van der Waals surface area contributed by atoms with E-state index in [9.17, 15) is 0 Å². The summed E-state index contributed by atoms with van der Waals surface area (Å²) in [5.41, 5.74) is 0. The fourth-order valence-electron chi connectivity index (χ4n) is 2.65. The zero-order valence-corrected chi connectivity index (χ0v) is 7.44. The molecule has 0 radical (unpaired) electrons. The molecule has 3 heteroatoms. The van der Waals surface area contributed by atoms with Gasteiger partial charge in [0, 0.05) is 24.7 Å². The largest absolute Gasteiger partial charge is 0.374 e. The van der Waals surface area contributed by atoms with Gasteiger partial charge in [-0.25, -0.2) is 0 Å². The summed E-state index contributed by atoms with van der Waals surface area (Å²) in [6.45, 7) is 0. The zero-order chi connectivity index (χ0) is 9.26. The average Bonchev–Trinajstić information content (AvgIpc) is 2.69. The minimum absolute atomic E-state index is 0.267. The lowest BCUT2D eigenvalue weighted by Crippen LogP contribution is -2.26. The van der Waals surface area contributed by atoms with Crippen LogP contribution < -0.4 is 0 Å². The van der Waals surface area contributed by atoms with Gasteiger partial charge in [-0.3, -0.25) is 0 Å². The first-order valence-electron chi connectivity index (χ1n) is 4.76. The van der Waals surface area contributed by atoms with Gasteiger partial charge >= 0.3 is 0 Å². The minimum Gasteiger partial charge on any atom is -0.374 e. The van der Waals surface area contributed by atoms with E-state index in [-0.39, 0.29) is 12.2 Å². The topological polar surface area (TPSA) is 56.8 Å². The van der Waals surface area contributed by atoms with E-state index < -0.39 is 0 Å². The maximum absolute atomic E-state index is 8.65. The van der Waals surface area contributed by atoms with Crippen LogP contribution in [0.2, 0.25) is 0 Å². The van der Waals surface area contributed by atoms with Crippen LogP contribution in [-0.2, 0) is 4.74 Å². The summed E-state index contributed by atoms with van der Waals surface area (Å²) in [4.78, 5) is 0. The quantitative estimate of drug-likeness (QED) is 0.642. The molecule has 13 heavy (non-hydrogen) atoms. The molecule has 2 rings (SSSR count). The number of hydrogen-bond donors (Lipinski definition) is 0. The van der Waals surface area contributed by atoms with Crippen molar-refractivity contribution in [3.63, 3.8) is 0 Å². The van der Waals surface area contributed by atoms with E-state index in [0.717, 1.165) is 12.8 Å². The SMILES string of the molecule is N#CCC1C2CCC(O2)C1CC#N. The van der Waals surface area contributed by atoms with Crippen molar-refractivity contribution in [2.45, 2.75) is 37.9 Å². The van der Waals surface area contributed by atoms with Gasteiger partial charge in [-0.1, -0.05) is 0 Å². The van der Waals surface area contributed by atoms with Gasteiger partial charge in [-0.2, -0.15) is 10.5 Å². The van der Waals surface area contributed by atoms with Crippen LogP contribution in [0.3, 0.4) is 0 Å². The normalized spacial score (nSPS) is 41.4. The van der Waals surface area contributed by atoms with E-state index in [2.05, 4.69) is 12.1 Å². The first-order chi connectivity index (χ1) is 6.36. The van der Waals surface area contributed by atoms with Crippen LogP contribution in [-0.4, -0.2) is 12.2 Å². The predicted molar refractivity (Wildman–Crippen MR) is 45.3 cm³/mol. The maximum Gasteiger partial charge on any atom is 0.0625 e. The lowest BCUT2D eigenvalue weighted by Gasteiger charge is -2.23. The summed E-state index contributed by atoms with van der Waals surface area (Å²) < 4.78 is 5.70. The highest BCUT2D eigenvalue weighted by atomic mass is 16.5. The third-order valence-corrected chi connectivity index (χ3v) is 3.24. The molecule has 2 aliphatic heterocycles. The van der Waals surface area contributed by atoms with Crippen molar-refractivity contribution in [3.8, 4) is 12.1 Å². The number of rotatable bonds is 2. The first-order valence-corrected chi connectivity index (χ1v) is 4.76. The van der Waals surface area contributed by atoms with Crippen LogP contribution in [0.4, 0.5) is 0 Å². The number of nitriles is 2. The number of fused-ring (bicyclic) bond motifs is 2. The smallest absolute Gasteiger partial charge is 0.0625 e. The van der Waals surface area contributed by atoms with Gasteiger partial charge in [0.15, 0.2) is 0 Å². The van der Waals surface area contributed by atoms with E-state index in [0.29, 0.717) is 24.7 Å². The van der Waals surface area contributed by atoms with Crippen molar-refractivity contribution >= 4 is 0 Å². The van der Waals surface area contributed by atoms with Crippen molar-refractivity contribution in [1.29, 1.82) is 10.5 Å². The van der Waals surface area contributed by atoms with E-state index in [1.807, 2.05) is 0 Å². The molecule has 0 aliphatic carbocycles. The second-order valence-electron chi connectivity index (χ2n) is 3.84. The number of nitrogens with zero attached hydrogens (tertiary/aromatic N) is 2. The van der Waals surface area contributed by atoms with Crippen LogP contribution in [0, 0.1) is 34.5 Å². The molecule has 4 atom stereocenters. The molecule has 0 aromatic heterocycles. The lowest BCUT2D eigenvalue weighted by molar-refractivity contribution is 0.0877. The maximum atomic E-state index is 8.65. The molecule has 2 heterocycles. The predicted octanol–water partition coefficient (Wildman–Crippen LogP) is 1.61. The molecule has 2 saturated heterocycles. The fraction of sp³-hybridized carbons (Fsp3) is 0.800. The average molecular weight is 176 g/mol. The molecule has 2 bridgehead atoms. The Kier molecular flexibility index (Phi) is 2.20. The standard InChI is InChI=1S/C10H12N2O/c11-5-3-7-8(4-6-12)10-2-1-9(7)13-10/h7-10H,1-4H2. The summed E-state index contributed by atoms with van der Waals surface area (Å²) in [5, 5.41) is 17.3. The van der Waals surface area contributed by atoms with Crippen LogP contribution in [0.25, 0.3) is 0 Å². The van der Waals surface area contributed by atoms with E-state index in [1.165, 1.54) is 0 Å². The van der Waals surface area contributed by atoms with Crippen molar-refractivity contribution in [2.24, 2.45) is 11.8 Å². The molecule has 0 aromatic carbocycles. The Bertz CT molecular complexity index is 248. The second-order valence-corrected chi connectivity index (χ2v) is 3.84. The Morgan fingerprint density at radius 3 is 1.85 bits per heavy atom. The summed E-state index contributed by atoms with van der Waals surface area (Å²) in [6, 6.07) is 4.39. The Balaban J connectivity index is 2.07. The van der Waals surface area contributed by atoms with Gasteiger partial charge in [0.25, 0.3) is 0 Å². The van der Waals surface area contributed by atoms with Gasteiger partial charge < -0.3 is 4.74 Å². The molecule has 0 amide bonds. The molecule has 0 spiro atoms. The van der Waals surface area contributed by atoms with Crippen LogP contribution in [0.15, 0.2) is 0 Å². The number of ether oxygens (including phenoxy) is 1. The van der Waals surface area contributed by atoms with Gasteiger partial charge in [0.1, 0.15) is 0 Å². The zero-order valence-electron chi connectivity index (χ0n) is 7.44. The lowest BCUT2D eigenvalue weighted by atomic mass is 9.76. The van der Waals surface area contributed by atoms with E-state index in [4.69, 9.17) is 15.3 Å². The molecule has 68 valence electrons. The van der Waals surface area contributed by atoms with Crippen molar-refractivity contribution in [2.75, 3.05) is 0 Å². The third kappa shape index (κ3) is 1.30. The van der Waals surface area contributed by atoms with Crippen molar-refractivity contribution in [3.05, 3.63) is 0 Å². The summed E-state index contributed by atoms with van der Waals surface area (Å²) in [5.74, 6) is 0.645. The van der Waals surface area contributed by atoms with E-state index in [1.54, 1.807) is 0 Å². The molecule has 2 fully saturated rings. The molecule has 4 unspecified atom stereocenters. The molecular weight excluding hydrogens is 164 g/mol. The van der Waals surface area contributed by atoms with Gasteiger partial charge in [-0.15, -0.1) is 0 Å². The highest BCUT2D eigenvalue weighted by Crippen LogP contribution is 2.46. The van der Waals surface area contributed by atoms with Crippen LogP contribution in [0.1, 0.15) is 25.7 Å². The summed E-state index contributed by atoms with van der Waals surface area (Å²) >= 11 is 0.